The smallest absolute Gasteiger partial charge is 0.322 e. The quantitative estimate of drug-likeness (QED) is 0.910. The summed E-state index contributed by atoms with van der Waals surface area (Å²) in [6, 6.07) is 4.12. The molecule has 110 valence electrons. The van der Waals surface area contributed by atoms with Crippen molar-refractivity contribution in [3.63, 3.8) is 0 Å². The zero-order valence-electron chi connectivity index (χ0n) is 10.9. The molecule has 1 amide bonds. The Balaban J connectivity index is 1.74. The Bertz CT molecular complexity index is 670. The lowest BCUT2D eigenvalue weighted by Gasteiger charge is -2.04. The second-order valence-corrected chi connectivity index (χ2v) is 5.06. The Hall–Kier alpha value is -1.99. The summed E-state index contributed by atoms with van der Waals surface area (Å²) in [6.45, 7) is 0.891. The van der Waals surface area contributed by atoms with E-state index in [0.29, 0.717) is 5.89 Å². The number of anilines is 1. The van der Waals surface area contributed by atoms with Gasteiger partial charge in [-0.2, -0.15) is 0 Å². The van der Waals surface area contributed by atoms with Crippen molar-refractivity contribution in [2.75, 3.05) is 11.9 Å². The highest BCUT2D eigenvalue weighted by Gasteiger charge is 2.23. The third-order valence-corrected chi connectivity index (χ3v) is 3.51. The minimum Gasteiger partial charge on any atom is -0.406 e. The number of amides is 1. The lowest BCUT2D eigenvalue weighted by Crippen LogP contribution is -2.14. The van der Waals surface area contributed by atoms with Gasteiger partial charge in [0.2, 0.25) is 5.89 Å². The number of halogens is 2. The zero-order chi connectivity index (χ0) is 14.8. The molecule has 1 aromatic carbocycles. The Kier molecular flexibility index (Phi) is 3.85. The first-order valence-corrected chi connectivity index (χ1v) is 6.85. The van der Waals surface area contributed by atoms with E-state index in [2.05, 4.69) is 20.8 Å². The van der Waals surface area contributed by atoms with Crippen LogP contribution in [0.2, 0.25) is 5.02 Å². The second-order valence-electron chi connectivity index (χ2n) is 4.65. The molecular formula is C13H12ClFN4O2. The normalized spacial score (nSPS) is 17.9. The van der Waals surface area contributed by atoms with Crippen molar-refractivity contribution in [2.24, 2.45) is 0 Å². The highest BCUT2D eigenvalue weighted by atomic mass is 35.5. The Morgan fingerprint density at radius 1 is 1.48 bits per heavy atom. The summed E-state index contributed by atoms with van der Waals surface area (Å²) < 4.78 is 19.1. The van der Waals surface area contributed by atoms with Crippen LogP contribution in [0.15, 0.2) is 22.6 Å². The van der Waals surface area contributed by atoms with Crippen LogP contribution in [0, 0.1) is 5.82 Å². The maximum atomic E-state index is 13.7. The van der Waals surface area contributed by atoms with E-state index in [1.807, 2.05) is 0 Å². The van der Waals surface area contributed by atoms with E-state index < -0.39 is 11.7 Å². The maximum absolute atomic E-state index is 13.7. The first-order valence-electron chi connectivity index (χ1n) is 6.47. The van der Waals surface area contributed by atoms with E-state index >= 15 is 0 Å². The zero-order valence-corrected chi connectivity index (χ0v) is 11.7. The molecule has 0 bridgehead atoms. The second kappa shape index (κ2) is 5.79. The molecule has 1 aliphatic rings. The van der Waals surface area contributed by atoms with E-state index in [1.54, 1.807) is 0 Å². The monoisotopic (exact) mass is 310 g/mol. The Morgan fingerprint density at radius 3 is 3.10 bits per heavy atom. The van der Waals surface area contributed by atoms with Crippen LogP contribution in [0.25, 0.3) is 0 Å². The fourth-order valence-corrected chi connectivity index (χ4v) is 2.34. The molecule has 2 heterocycles. The molecule has 1 atom stereocenters. The van der Waals surface area contributed by atoms with Crippen LogP contribution in [-0.4, -0.2) is 22.6 Å². The molecule has 3 rings (SSSR count). The fourth-order valence-electron chi connectivity index (χ4n) is 2.16. The van der Waals surface area contributed by atoms with Gasteiger partial charge in [0.15, 0.2) is 5.82 Å². The lowest BCUT2D eigenvalue weighted by atomic mass is 10.2. The third kappa shape index (κ3) is 2.88. The van der Waals surface area contributed by atoms with Crippen LogP contribution in [0.4, 0.5) is 10.4 Å². The van der Waals surface area contributed by atoms with E-state index in [4.69, 9.17) is 16.0 Å². The topological polar surface area (TPSA) is 80.0 Å². The van der Waals surface area contributed by atoms with Crippen LogP contribution in [0.5, 0.6) is 0 Å². The highest BCUT2D eigenvalue weighted by Crippen LogP contribution is 2.23. The van der Waals surface area contributed by atoms with Gasteiger partial charge in [-0.25, -0.2) is 4.39 Å². The highest BCUT2D eigenvalue weighted by molar-refractivity contribution is 6.31. The van der Waals surface area contributed by atoms with Crippen LogP contribution in [0.1, 0.15) is 35.1 Å². The first-order chi connectivity index (χ1) is 10.1. The van der Waals surface area contributed by atoms with E-state index in [0.717, 1.165) is 19.4 Å². The van der Waals surface area contributed by atoms with Gasteiger partial charge in [-0.05, 0) is 31.5 Å². The predicted octanol–water partition coefficient (Wildman–Crippen LogP) is 2.54. The van der Waals surface area contributed by atoms with Crippen molar-refractivity contribution in [3.8, 4) is 0 Å². The number of nitrogens with one attached hydrogen (secondary N) is 2. The molecule has 2 aromatic rings. The summed E-state index contributed by atoms with van der Waals surface area (Å²) in [6.07, 6.45) is 1.93. The standard InChI is InChI=1S/C13H12ClFN4O2/c14-8-4-1-3-7(10(8)15)11(20)17-13-19-18-12(21-13)9-5-2-6-16-9/h1,3-4,9,16H,2,5-6H2,(H,17,19,20). The van der Waals surface area contributed by atoms with Crippen molar-refractivity contribution in [1.82, 2.24) is 15.5 Å². The number of aromatic nitrogens is 2. The minimum atomic E-state index is -0.783. The molecule has 0 saturated carbocycles. The molecule has 0 aliphatic carbocycles. The number of benzene rings is 1. The Morgan fingerprint density at radius 2 is 2.33 bits per heavy atom. The lowest BCUT2D eigenvalue weighted by molar-refractivity contribution is 0.102. The summed E-state index contributed by atoms with van der Waals surface area (Å²) in [5, 5.41) is 13.1. The number of carbonyl (C=O) groups is 1. The van der Waals surface area contributed by atoms with E-state index in [9.17, 15) is 9.18 Å². The average molecular weight is 311 g/mol. The van der Waals surface area contributed by atoms with Crippen molar-refractivity contribution < 1.29 is 13.6 Å². The van der Waals surface area contributed by atoms with Gasteiger partial charge in [-0.1, -0.05) is 22.8 Å². The van der Waals surface area contributed by atoms with Crippen LogP contribution in [0.3, 0.4) is 0 Å². The fraction of sp³-hybridized carbons (Fsp3) is 0.308. The number of rotatable bonds is 3. The van der Waals surface area contributed by atoms with Crippen molar-refractivity contribution in [1.29, 1.82) is 0 Å². The number of hydrogen-bond donors (Lipinski definition) is 2. The molecule has 1 unspecified atom stereocenters. The summed E-state index contributed by atoms with van der Waals surface area (Å²) in [4.78, 5) is 12.0. The number of carbonyl (C=O) groups excluding carboxylic acids is 1. The first kappa shape index (κ1) is 14.0. The molecule has 0 spiro atoms. The molecule has 6 nitrogen and oxygen atoms in total. The molecule has 0 radical (unpaired) electrons. The average Bonchev–Trinajstić information content (AvgIpc) is 3.12. The molecule has 1 saturated heterocycles. The van der Waals surface area contributed by atoms with Gasteiger partial charge >= 0.3 is 6.01 Å². The summed E-state index contributed by atoms with van der Waals surface area (Å²) in [5.74, 6) is -1.06. The van der Waals surface area contributed by atoms with Crippen LogP contribution < -0.4 is 10.6 Å². The SMILES string of the molecule is O=C(Nc1nnc(C2CCCN2)o1)c1cccc(Cl)c1F. The van der Waals surface area contributed by atoms with Gasteiger partial charge in [0.1, 0.15) is 0 Å². The van der Waals surface area contributed by atoms with Crippen molar-refractivity contribution >= 4 is 23.5 Å². The molecular weight excluding hydrogens is 299 g/mol. The molecule has 8 heteroatoms. The van der Waals surface area contributed by atoms with Gasteiger partial charge in [0, 0.05) is 0 Å². The van der Waals surface area contributed by atoms with Gasteiger partial charge < -0.3 is 9.73 Å². The van der Waals surface area contributed by atoms with Crippen molar-refractivity contribution in [3.05, 3.63) is 40.5 Å². The molecule has 1 aliphatic heterocycles. The van der Waals surface area contributed by atoms with E-state index in [1.165, 1.54) is 18.2 Å². The van der Waals surface area contributed by atoms with Crippen LogP contribution in [-0.2, 0) is 0 Å². The summed E-state index contributed by atoms with van der Waals surface area (Å²) in [7, 11) is 0. The third-order valence-electron chi connectivity index (χ3n) is 3.22. The molecule has 21 heavy (non-hydrogen) atoms. The number of nitrogens with zero attached hydrogens (tertiary/aromatic N) is 2. The van der Waals surface area contributed by atoms with E-state index in [-0.39, 0.29) is 22.6 Å². The maximum Gasteiger partial charge on any atom is 0.322 e. The molecule has 1 aromatic heterocycles. The van der Waals surface area contributed by atoms with Gasteiger partial charge in [0.25, 0.3) is 5.91 Å². The van der Waals surface area contributed by atoms with Gasteiger partial charge in [-0.3, -0.25) is 10.1 Å². The largest absolute Gasteiger partial charge is 0.406 e. The summed E-state index contributed by atoms with van der Waals surface area (Å²) >= 11 is 5.64. The van der Waals surface area contributed by atoms with Crippen LogP contribution >= 0.6 is 11.6 Å². The van der Waals surface area contributed by atoms with Crippen molar-refractivity contribution in [2.45, 2.75) is 18.9 Å². The minimum absolute atomic E-state index is 0.00561. The van der Waals surface area contributed by atoms with Gasteiger partial charge in [0.05, 0.1) is 16.6 Å². The molecule has 1 fully saturated rings. The predicted molar refractivity (Wildman–Crippen MR) is 73.6 cm³/mol. The number of hydrogen-bond acceptors (Lipinski definition) is 5. The van der Waals surface area contributed by atoms with Gasteiger partial charge in [-0.15, -0.1) is 5.10 Å². The summed E-state index contributed by atoms with van der Waals surface area (Å²) in [5.41, 5.74) is -0.179. The molecule has 2 N–H and O–H groups in total. The Labute approximate surface area is 124 Å².